The highest BCUT2D eigenvalue weighted by atomic mass is 15.2. The van der Waals surface area contributed by atoms with E-state index in [1.54, 1.807) is 0 Å². The van der Waals surface area contributed by atoms with Gasteiger partial charge in [0.2, 0.25) is 0 Å². The molecule has 0 radical (unpaired) electrons. The molecule has 3 heteroatoms. The van der Waals surface area contributed by atoms with E-state index in [0.717, 1.165) is 11.4 Å². The Hall–Kier alpha value is -7.36. The Bertz CT molecular complexity index is 3350. The minimum atomic E-state index is -0.157. The number of hydrogen-bond acceptors (Lipinski definition) is 2. The van der Waals surface area contributed by atoms with Gasteiger partial charge in [-0.05, 0) is 166 Å². The van der Waals surface area contributed by atoms with Crippen molar-refractivity contribution in [2.24, 2.45) is 0 Å². The standard InChI is InChI=1S/C71H71BN2/c1-46-38-65-67-66(39-46)74(52-35-37-58(69(5,6)7)54(41-52)48-28-20-15-21-29-48)64-43-56(50-32-24-17-25-33-50)60(71(11,12)13)45-62(64)72(67)61-44-59(70(8,9)10)55(49-30-22-16-23-31-49)42-63(61)73(65)51-34-36-57(68(2,3)4)53(40-51)47-26-18-14-19-27-47/h14-45H,1-13H3. The zero-order valence-corrected chi connectivity index (χ0v) is 45.9. The lowest BCUT2D eigenvalue weighted by molar-refractivity contribution is 0.591. The summed E-state index contributed by atoms with van der Waals surface area (Å²) in [6.45, 7) is 30.5. The molecule has 2 aliphatic rings. The number of nitrogens with zero attached hydrogens (tertiary/aromatic N) is 2. The fourth-order valence-corrected chi connectivity index (χ4v) is 12.1. The highest BCUT2D eigenvalue weighted by molar-refractivity contribution is 7.00. The molecule has 2 heterocycles. The van der Waals surface area contributed by atoms with Crippen LogP contribution in [0.25, 0.3) is 44.5 Å². The van der Waals surface area contributed by atoms with Crippen LogP contribution in [0.4, 0.5) is 34.1 Å². The van der Waals surface area contributed by atoms with E-state index in [0.29, 0.717) is 0 Å². The molecule has 368 valence electrons. The first-order valence-electron chi connectivity index (χ1n) is 26.8. The average molecular weight is 963 g/mol. The van der Waals surface area contributed by atoms with E-state index < -0.39 is 0 Å². The molecular weight excluding hydrogens is 892 g/mol. The molecule has 9 aromatic carbocycles. The summed E-state index contributed by atoms with van der Waals surface area (Å²) in [5.74, 6) is 0. The number of benzene rings is 9. The molecule has 2 nitrogen and oxygen atoms in total. The summed E-state index contributed by atoms with van der Waals surface area (Å²) in [5.41, 5.74) is 27.3. The molecule has 0 spiro atoms. The van der Waals surface area contributed by atoms with Gasteiger partial charge in [-0.2, -0.15) is 0 Å². The van der Waals surface area contributed by atoms with Crippen LogP contribution in [0.15, 0.2) is 194 Å². The molecule has 0 N–H and O–H groups in total. The third kappa shape index (κ3) is 8.59. The fourth-order valence-electron chi connectivity index (χ4n) is 12.1. The molecule has 74 heavy (non-hydrogen) atoms. The van der Waals surface area contributed by atoms with Crippen LogP contribution in [-0.4, -0.2) is 6.71 Å². The monoisotopic (exact) mass is 963 g/mol. The molecule has 0 amide bonds. The lowest BCUT2D eigenvalue weighted by Gasteiger charge is -2.46. The van der Waals surface area contributed by atoms with Gasteiger partial charge in [0, 0.05) is 34.1 Å². The van der Waals surface area contributed by atoms with Crippen molar-refractivity contribution in [3.05, 3.63) is 222 Å². The van der Waals surface area contributed by atoms with Crippen LogP contribution in [0.3, 0.4) is 0 Å². The van der Waals surface area contributed by atoms with E-state index in [-0.39, 0.29) is 28.4 Å². The Balaban J connectivity index is 1.30. The van der Waals surface area contributed by atoms with E-state index in [4.69, 9.17) is 0 Å². The third-order valence-electron chi connectivity index (χ3n) is 15.6. The highest BCUT2D eigenvalue weighted by Crippen LogP contribution is 2.50. The van der Waals surface area contributed by atoms with Gasteiger partial charge in [-0.1, -0.05) is 229 Å². The molecule has 0 saturated carbocycles. The first kappa shape index (κ1) is 48.9. The highest BCUT2D eigenvalue weighted by Gasteiger charge is 2.46. The van der Waals surface area contributed by atoms with Gasteiger partial charge in [-0.15, -0.1) is 0 Å². The molecule has 0 aromatic heterocycles. The molecule has 0 atom stereocenters. The van der Waals surface area contributed by atoms with Gasteiger partial charge in [0.05, 0.1) is 0 Å². The second-order valence-corrected chi connectivity index (χ2v) is 25.2. The third-order valence-corrected chi connectivity index (χ3v) is 15.6. The van der Waals surface area contributed by atoms with E-state index in [1.807, 2.05) is 0 Å². The van der Waals surface area contributed by atoms with Crippen LogP contribution in [0.1, 0.15) is 111 Å². The number of rotatable bonds is 6. The molecule has 11 rings (SSSR count). The number of anilines is 6. The SMILES string of the molecule is Cc1cc2c3c(c1)N(c1ccc(C(C)(C)C)c(-c4ccccc4)c1)c1cc(-c4ccccc4)c(C(C)(C)C)cc1B3c1cc(C(C)(C)C)c(-c3ccccc3)cc1N2c1ccc(C(C)(C)C)c(-c2ccccc2)c1. The van der Waals surface area contributed by atoms with Crippen LogP contribution in [0.5, 0.6) is 0 Å². The van der Waals surface area contributed by atoms with E-state index in [2.05, 4.69) is 294 Å². The maximum Gasteiger partial charge on any atom is 0.252 e. The summed E-state index contributed by atoms with van der Waals surface area (Å²) in [7, 11) is 0. The van der Waals surface area contributed by atoms with E-state index in [9.17, 15) is 0 Å². The zero-order chi connectivity index (χ0) is 52.1. The van der Waals surface area contributed by atoms with Gasteiger partial charge >= 0.3 is 0 Å². The van der Waals surface area contributed by atoms with Crippen molar-refractivity contribution in [1.29, 1.82) is 0 Å². The van der Waals surface area contributed by atoms with Gasteiger partial charge in [0.25, 0.3) is 6.71 Å². The van der Waals surface area contributed by atoms with Crippen LogP contribution >= 0.6 is 0 Å². The Morgan fingerprint density at radius 1 is 0.297 bits per heavy atom. The van der Waals surface area contributed by atoms with Crippen molar-refractivity contribution >= 4 is 57.2 Å². The first-order valence-corrected chi connectivity index (χ1v) is 26.8. The maximum atomic E-state index is 2.62. The Morgan fingerprint density at radius 2 is 0.595 bits per heavy atom. The van der Waals surface area contributed by atoms with E-state index >= 15 is 0 Å². The summed E-state index contributed by atoms with van der Waals surface area (Å²) < 4.78 is 0. The predicted molar refractivity (Wildman–Crippen MR) is 322 cm³/mol. The van der Waals surface area contributed by atoms with Crippen LogP contribution in [0, 0.1) is 6.92 Å². The minimum Gasteiger partial charge on any atom is -0.311 e. The minimum absolute atomic E-state index is 0.0696. The van der Waals surface area contributed by atoms with Gasteiger partial charge in [-0.3, -0.25) is 0 Å². The molecule has 0 unspecified atom stereocenters. The molecule has 9 aromatic rings. The van der Waals surface area contributed by atoms with Crippen LogP contribution in [0.2, 0.25) is 0 Å². The fraction of sp³-hybridized carbons (Fsp3) is 0.239. The molecule has 0 aliphatic carbocycles. The molecule has 2 aliphatic heterocycles. The molecular formula is C71H71BN2. The van der Waals surface area contributed by atoms with Crippen molar-refractivity contribution in [1.82, 2.24) is 0 Å². The van der Waals surface area contributed by atoms with Gasteiger partial charge in [-0.25, -0.2) is 0 Å². The summed E-state index contributed by atoms with van der Waals surface area (Å²) in [4.78, 5) is 5.25. The Kier molecular flexibility index (Phi) is 11.9. The summed E-state index contributed by atoms with van der Waals surface area (Å²) in [6.07, 6.45) is 0. The molecule has 0 fully saturated rings. The van der Waals surface area contributed by atoms with Crippen molar-refractivity contribution in [3.63, 3.8) is 0 Å². The van der Waals surface area contributed by atoms with Crippen molar-refractivity contribution < 1.29 is 0 Å². The van der Waals surface area contributed by atoms with Gasteiger partial charge in [0.1, 0.15) is 0 Å². The largest absolute Gasteiger partial charge is 0.311 e. The van der Waals surface area contributed by atoms with Crippen LogP contribution < -0.4 is 26.2 Å². The lowest BCUT2D eigenvalue weighted by atomic mass is 9.33. The quantitative estimate of drug-likeness (QED) is 0.153. The van der Waals surface area contributed by atoms with Gasteiger partial charge in [0.15, 0.2) is 0 Å². The van der Waals surface area contributed by atoms with Crippen molar-refractivity contribution in [3.8, 4) is 44.5 Å². The maximum absolute atomic E-state index is 2.62. The smallest absolute Gasteiger partial charge is 0.252 e. The Morgan fingerprint density at radius 3 is 0.892 bits per heavy atom. The average Bonchev–Trinajstić information content (AvgIpc) is 3.37. The number of hydrogen-bond donors (Lipinski definition) is 0. The summed E-state index contributed by atoms with van der Waals surface area (Å²) in [5, 5.41) is 0. The van der Waals surface area contributed by atoms with Crippen molar-refractivity contribution in [2.75, 3.05) is 9.80 Å². The first-order chi connectivity index (χ1) is 35.2. The number of aryl methyl sites for hydroxylation is 1. The topological polar surface area (TPSA) is 6.48 Å². The van der Waals surface area contributed by atoms with Crippen LogP contribution in [-0.2, 0) is 21.7 Å². The van der Waals surface area contributed by atoms with Gasteiger partial charge < -0.3 is 9.80 Å². The second kappa shape index (κ2) is 17.9. The summed E-state index contributed by atoms with van der Waals surface area (Å²) >= 11 is 0. The number of fused-ring (bicyclic) bond motifs is 4. The predicted octanol–water partition coefficient (Wildman–Crippen LogP) is 17.9. The lowest BCUT2D eigenvalue weighted by Crippen LogP contribution is -2.61. The van der Waals surface area contributed by atoms with Crippen molar-refractivity contribution in [2.45, 2.75) is 112 Å². The van der Waals surface area contributed by atoms with E-state index in [1.165, 1.54) is 111 Å². The zero-order valence-electron chi connectivity index (χ0n) is 45.9. The normalized spacial score (nSPS) is 13.4. The molecule has 0 saturated heterocycles. The molecule has 0 bridgehead atoms. The Labute approximate surface area is 442 Å². The summed E-state index contributed by atoms with van der Waals surface area (Å²) in [6, 6.07) is 73.9. The second-order valence-electron chi connectivity index (χ2n) is 25.2.